The van der Waals surface area contributed by atoms with Crippen LogP contribution in [-0.4, -0.2) is 138 Å². The third-order valence-corrected chi connectivity index (χ3v) is 12.7. The molecule has 0 saturated carbocycles. The van der Waals surface area contributed by atoms with Crippen molar-refractivity contribution in [1.82, 2.24) is 9.80 Å². The Balaban J connectivity index is 0.966. The lowest BCUT2D eigenvalue weighted by molar-refractivity contribution is -0.195. The number of ether oxygens (including phenoxy) is 7. The van der Waals surface area contributed by atoms with Gasteiger partial charge in [-0.25, -0.2) is 14.5 Å². The number of methoxy groups -OCH3 is 2. The predicted molar refractivity (Wildman–Crippen MR) is 235 cm³/mol. The lowest BCUT2D eigenvalue weighted by Crippen LogP contribution is -2.50. The van der Waals surface area contributed by atoms with Gasteiger partial charge in [0.05, 0.1) is 68.7 Å². The van der Waals surface area contributed by atoms with Crippen LogP contribution in [0, 0.1) is 0 Å². The summed E-state index contributed by atoms with van der Waals surface area (Å²) in [6.07, 6.45) is -5.53. The van der Waals surface area contributed by atoms with Crippen LogP contribution < -0.4 is 34.3 Å². The van der Waals surface area contributed by atoms with E-state index < -0.39 is 54.8 Å². The van der Waals surface area contributed by atoms with Crippen LogP contribution in [0.4, 0.5) is 16.2 Å². The summed E-state index contributed by atoms with van der Waals surface area (Å²) in [7, 11) is 2.89. The second-order valence-corrected chi connectivity index (χ2v) is 17.2. The number of benzene rings is 3. The van der Waals surface area contributed by atoms with E-state index in [1.807, 2.05) is 6.92 Å². The van der Waals surface area contributed by atoms with E-state index in [-0.39, 0.29) is 97.7 Å². The smallest absolute Gasteiger partial charge is 0.416 e. The largest absolute Gasteiger partial charge is 0.493 e. The SMILES string of the molecule is C=C1C[C@H]2C(O)C(C)c3cc(OCCCOc4cc5c(cc4OC)C(=O)N4CC(=C)C[C@H]4C(O)N5C(=O)OCc4ccc(O[C@H]5C[C@@H](O)C[C@@H](C(=O)O)O5)c(N)c4)c(OC)cc3C(=O)N2C1. The van der Waals surface area contributed by atoms with Gasteiger partial charge in [-0.05, 0) is 54.3 Å². The number of carboxylic acids is 1. The van der Waals surface area contributed by atoms with Gasteiger partial charge in [-0.2, -0.15) is 0 Å². The van der Waals surface area contributed by atoms with Crippen LogP contribution in [0.3, 0.4) is 0 Å². The normalized spacial score (nSPS) is 25.8. The van der Waals surface area contributed by atoms with Gasteiger partial charge < -0.3 is 69.1 Å². The second kappa shape index (κ2) is 18.7. The number of carbonyl (C=O) groups is 4. The molecule has 5 heterocycles. The summed E-state index contributed by atoms with van der Waals surface area (Å²) in [5.41, 5.74) is 9.56. The number of hydrogen-bond acceptors (Lipinski definition) is 15. The number of carbonyl (C=O) groups excluding carboxylic acids is 3. The summed E-state index contributed by atoms with van der Waals surface area (Å²) < 4.78 is 40.5. The van der Waals surface area contributed by atoms with E-state index in [1.54, 1.807) is 23.1 Å². The Bertz CT molecular complexity index is 2440. The molecule has 0 aromatic heterocycles. The van der Waals surface area contributed by atoms with Gasteiger partial charge in [0, 0.05) is 49.9 Å². The molecule has 3 aromatic carbocycles. The van der Waals surface area contributed by atoms with Crippen molar-refractivity contribution in [3.63, 3.8) is 0 Å². The number of aliphatic hydroxyl groups excluding tert-OH is 3. The van der Waals surface area contributed by atoms with Gasteiger partial charge in [-0.15, -0.1) is 0 Å². The molecule has 3 fully saturated rings. The Morgan fingerprint density at radius 3 is 2.09 bits per heavy atom. The fraction of sp³-hybridized carbons (Fsp3) is 0.447. The number of amides is 3. The summed E-state index contributed by atoms with van der Waals surface area (Å²) in [4.78, 5) is 57.4. The van der Waals surface area contributed by atoms with Crippen molar-refractivity contribution in [2.24, 2.45) is 0 Å². The number of hydrogen-bond donors (Lipinski definition) is 5. The summed E-state index contributed by atoms with van der Waals surface area (Å²) in [6.45, 7) is 10.4. The molecule has 0 bridgehead atoms. The highest BCUT2D eigenvalue weighted by Gasteiger charge is 2.47. The van der Waals surface area contributed by atoms with Crippen LogP contribution >= 0.6 is 0 Å². The maximum Gasteiger partial charge on any atom is 0.416 e. The van der Waals surface area contributed by atoms with Gasteiger partial charge in [-0.1, -0.05) is 37.3 Å². The number of rotatable bonds is 13. The minimum absolute atomic E-state index is 0.0208. The first-order valence-electron chi connectivity index (χ1n) is 21.6. The molecule has 0 radical (unpaired) electrons. The first kappa shape index (κ1) is 46.0. The van der Waals surface area contributed by atoms with Gasteiger partial charge in [0.15, 0.2) is 35.3 Å². The minimum Gasteiger partial charge on any atom is -0.493 e. The molecule has 5 aliphatic rings. The first-order chi connectivity index (χ1) is 31.6. The molecule has 5 aliphatic heterocycles. The molecule has 0 spiro atoms. The zero-order valence-electron chi connectivity index (χ0n) is 36.8. The van der Waals surface area contributed by atoms with Gasteiger partial charge in [-0.3, -0.25) is 9.59 Å². The molecule has 3 aromatic rings. The molecule has 6 N–H and O–H groups in total. The lowest BCUT2D eigenvalue weighted by Gasteiger charge is -2.31. The highest BCUT2D eigenvalue weighted by Crippen LogP contribution is 2.44. The molecular weight excluding hydrogens is 861 g/mol. The fourth-order valence-corrected chi connectivity index (χ4v) is 9.29. The Kier molecular flexibility index (Phi) is 13.1. The Morgan fingerprint density at radius 2 is 1.44 bits per heavy atom. The Labute approximate surface area is 380 Å². The standard InChI is InChI=1S/C47H54N4O15/c1-23-11-33-42(53)25(3)28-16-38(36(60-4)17-29(28)43(54)49(33)20-23)62-9-6-10-63-39-19-32-30(18-37(39)61-5)44(55)50-21-24(2)12-34(50)45(56)51(32)47(59)64-22-26-7-8-35(31(48)13-26)65-41-15-27(52)14-40(66-41)46(57)58/h7-8,13,16-19,25,27,33-34,40-42,45,52-53,56H,1-2,6,9-12,14-15,20-22,48H2,3-5H3,(H,57,58)/t25?,27-,33-,34-,40-,41+,42?,45?/m0/s1. The van der Waals surface area contributed by atoms with Crippen molar-refractivity contribution in [1.29, 1.82) is 0 Å². The highest BCUT2D eigenvalue weighted by molar-refractivity contribution is 6.06. The number of nitrogens with zero attached hydrogens (tertiary/aromatic N) is 3. The quantitative estimate of drug-likeness (QED) is 0.0925. The van der Waals surface area contributed by atoms with Crippen molar-refractivity contribution in [3.05, 3.63) is 89.0 Å². The third kappa shape index (κ3) is 8.90. The van der Waals surface area contributed by atoms with E-state index >= 15 is 0 Å². The molecule has 8 atom stereocenters. The Hall–Kier alpha value is -6.54. The van der Waals surface area contributed by atoms with E-state index in [2.05, 4.69) is 13.2 Å². The monoisotopic (exact) mass is 914 g/mol. The lowest BCUT2D eigenvalue weighted by atomic mass is 9.88. The molecule has 19 heteroatoms. The van der Waals surface area contributed by atoms with E-state index in [0.717, 1.165) is 10.5 Å². The topological polar surface area (TPSA) is 250 Å². The Morgan fingerprint density at radius 1 is 0.818 bits per heavy atom. The van der Waals surface area contributed by atoms with Gasteiger partial charge >= 0.3 is 12.1 Å². The van der Waals surface area contributed by atoms with Crippen LogP contribution in [-0.2, 0) is 20.9 Å². The number of carboxylic acid groups (broad SMARTS) is 1. The number of aliphatic hydroxyl groups is 3. The average Bonchev–Trinajstić information content (AvgIpc) is 3.86. The molecule has 8 rings (SSSR count). The van der Waals surface area contributed by atoms with Crippen LogP contribution in [0.15, 0.2) is 66.8 Å². The predicted octanol–water partition coefficient (Wildman–Crippen LogP) is 3.96. The van der Waals surface area contributed by atoms with Crippen molar-refractivity contribution in [3.8, 4) is 28.7 Å². The van der Waals surface area contributed by atoms with Crippen molar-refractivity contribution < 1.29 is 72.8 Å². The number of nitrogen functional groups attached to an aromatic ring is 1. The van der Waals surface area contributed by atoms with Crippen LogP contribution in [0.2, 0.25) is 0 Å². The fourth-order valence-electron chi connectivity index (χ4n) is 9.29. The van der Waals surface area contributed by atoms with Gasteiger partial charge in [0.2, 0.25) is 6.29 Å². The zero-order valence-corrected chi connectivity index (χ0v) is 36.8. The van der Waals surface area contributed by atoms with Gasteiger partial charge in [0.25, 0.3) is 11.8 Å². The van der Waals surface area contributed by atoms with Gasteiger partial charge in [0.1, 0.15) is 12.4 Å². The van der Waals surface area contributed by atoms with Crippen LogP contribution in [0.25, 0.3) is 0 Å². The molecule has 352 valence electrons. The highest BCUT2D eigenvalue weighted by atomic mass is 16.7. The summed E-state index contributed by atoms with van der Waals surface area (Å²) in [5, 5.41) is 42.6. The molecule has 3 saturated heterocycles. The molecule has 66 heavy (non-hydrogen) atoms. The summed E-state index contributed by atoms with van der Waals surface area (Å²) in [5.74, 6) is -0.999. The molecule has 3 amide bonds. The summed E-state index contributed by atoms with van der Waals surface area (Å²) >= 11 is 0. The molecule has 0 aliphatic carbocycles. The number of fused-ring (bicyclic) bond motifs is 4. The maximum absolute atomic E-state index is 14.1. The average molecular weight is 915 g/mol. The van der Waals surface area contributed by atoms with Crippen LogP contribution in [0.5, 0.6) is 28.7 Å². The molecule has 3 unspecified atom stereocenters. The van der Waals surface area contributed by atoms with Crippen molar-refractivity contribution in [2.45, 2.75) is 94.5 Å². The third-order valence-electron chi connectivity index (χ3n) is 12.7. The van der Waals surface area contributed by atoms with E-state index in [4.69, 9.17) is 38.9 Å². The minimum atomic E-state index is -1.55. The van der Waals surface area contributed by atoms with Crippen molar-refractivity contribution in [2.75, 3.05) is 51.2 Å². The first-order valence-corrected chi connectivity index (χ1v) is 21.6. The van der Waals surface area contributed by atoms with E-state index in [9.17, 15) is 39.6 Å². The van der Waals surface area contributed by atoms with E-state index in [1.165, 1.54) is 43.4 Å². The summed E-state index contributed by atoms with van der Waals surface area (Å²) in [6, 6.07) is 9.63. The number of aliphatic carboxylic acids is 1. The number of nitrogens with two attached hydrogens (primary N) is 1. The van der Waals surface area contributed by atoms with Crippen LogP contribution in [0.1, 0.15) is 76.8 Å². The number of anilines is 2. The van der Waals surface area contributed by atoms with Crippen molar-refractivity contribution >= 4 is 35.3 Å². The molecule has 19 nitrogen and oxygen atoms in total. The van der Waals surface area contributed by atoms with E-state index in [0.29, 0.717) is 53.1 Å². The molecular formula is C47H54N4O15. The maximum atomic E-state index is 14.1. The second-order valence-electron chi connectivity index (χ2n) is 17.2. The zero-order chi connectivity index (χ0) is 47.1.